The SMILES string of the molecule is CC(C)(C)OC(=O)N1CC2(CCC(CBr)CC2)C1. The van der Waals surface area contributed by atoms with E-state index in [0.29, 0.717) is 5.41 Å². The van der Waals surface area contributed by atoms with Crippen molar-refractivity contribution in [3.05, 3.63) is 0 Å². The molecule has 3 nitrogen and oxygen atoms in total. The molecule has 1 aliphatic heterocycles. The van der Waals surface area contributed by atoms with Crippen LogP contribution in [0.5, 0.6) is 0 Å². The molecule has 0 bridgehead atoms. The van der Waals surface area contributed by atoms with Crippen LogP contribution in [-0.2, 0) is 4.74 Å². The molecule has 0 aromatic carbocycles. The summed E-state index contributed by atoms with van der Waals surface area (Å²) in [5, 5.41) is 1.12. The van der Waals surface area contributed by atoms with Gasteiger partial charge in [-0.1, -0.05) is 15.9 Å². The van der Waals surface area contributed by atoms with E-state index in [1.54, 1.807) is 0 Å². The molecule has 0 radical (unpaired) electrons. The first kappa shape index (κ1) is 14.2. The summed E-state index contributed by atoms with van der Waals surface area (Å²) in [6.07, 6.45) is 4.99. The Labute approximate surface area is 118 Å². The molecule has 0 aromatic heterocycles. The Morgan fingerprint density at radius 2 is 1.89 bits per heavy atom. The smallest absolute Gasteiger partial charge is 0.410 e. The van der Waals surface area contributed by atoms with Gasteiger partial charge in [-0.25, -0.2) is 4.79 Å². The summed E-state index contributed by atoms with van der Waals surface area (Å²) in [5.41, 5.74) is 0.0308. The van der Waals surface area contributed by atoms with Crippen molar-refractivity contribution in [3.8, 4) is 0 Å². The van der Waals surface area contributed by atoms with Gasteiger partial charge < -0.3 is 9.64 Å². The molecule has 0 unspecified atom stereocenters. The molecule has 0 aromatic rings. The second kappa shape index (κ2) is 5.03. The first-order valence-electron chi connectivity index (χ1n) is 6.87. The number of hydrogen-bond acceptors (Lipinski definition) is 2. The first-order valence-corrected chi connectivity index (χ1v) is 8.00. The lowest BCUT2D eigenvalue weighted by atomic mass is 9.66. The molecule has 2 rings (SSSR count). The lowest BCUT2D eigenvalue weighted by Gasteiger charge is -2.53. The van der Waals surface area contributed by atoms with Crippen LogP contribution in [0.2, 0.25) is 0 Å². The summed E-state index contributed by atoms with van der Waals surface area (Å²) in [6, 6.07) is 0. The number of rotatable bonds is 1. The van der Waals surface area contributed by atoms with Crippen molar-refractivity contribution in [2.75, 3.05) is 18.4 Å². The maximum Gasteiger partial charge on any atom is 0.410 e. The fraction of sp³-hybridized carbons (Fsp3) is 0.929. The first-order chi connectivity index (χ1) is 8.34. The van der Waals surface area contributed by atoms with Crippen molar-refractivity contribution in [1.82, 2.24) is 4.90 Å². The Morgan fingerprint density at radius 1 is 1.33 bits per heavy atom. The van der Waals surface area contributed by atoms with E-state index in [1.807, 2.05) is 25.7 Å². The van der Waals surface area contributed by atoms with Crippen LogP contribution in [0.3, 0.4) is 0 Å². The van der Waals surface area contributed by atoms with Gasteiger partial charge in [-0.15, -0.1) is 0 Å². The van der Waals surface area contributed by atoms with E-state index in [-0.39, 0.29) is 11.7 Å². The highest BCUT2D eigenvalue weighted by atomic mass is 79.9. The zero-order valence-electron chi connectivity index (χ0n) is 11.7. The second-order valence-electron chi connectivity index (χ2n) is 6.93. The predicted octanol–water partition coefficient (Wildman–Crippen LogP) is 3.81. The third-order valence-electron chi connectivity index (χ3n) is 4.09. The van der Waals surface area contributed by atoms with E-state index in [9.17, 15) is 4.79 Å². The number of carbonyl (C=O) groups is 1. The van der Waals surface area contributed by atoms with Gasteiger partial charge in [-0.3, -0.25) is 0 Å². The van der Waals surface area contributed by atoms with Gasteiger partial charge in [0.05, 0.1) is 0 Å². The summed E-state index contributed by atoms with van der Waals surface area (Å²) in [4.78, 5) is 13.7. The van der Waals surface area contributed by atoms with Gasteiger partial charge in [0, 0.05) is 23.8 Å². The molecular weight excluding hydrogens is 294 g/mol. The summed E-state index contributed by atoms with van der Waals surface area (Å²) in [6.45, 7) is 7.55. The number of alkyl halides is 1. The fourth-order valence-corrected chi connectivity index (χ4v) is 3.63. The third kappa shape index (κ3) is 3.19. The fourth-order valence-electron chi connectivity index (χ4n) is 2.98. The van der Waals surface area contributed by atoms with Crippen LogP contribution in [0.4, 0.5) is 4.79 Å². The van der Waals surface area contributed by atoms with Gasteiger partial charge in [0.2, 0.25) is 0 Å². The Hall–Kier alpha value is -0.250. The molecule has 1 saturated carbocycles. The highest BCUT2D eigenvalue weighted by molar-refractivity contribution is 9.09. The van der Waals surface area contributed by atoms with Crippen LogP contribution in [0, 0.1) is 11.3 Å². The van der Waals surface area contributed by atoms with Gasteiger partial charge in [0.15, 0.2) is 0 Å². The molecule has 1 aliphatic carbocycles. The molecule has 104 valence electrons. The van der Waals surface area contributed by atoms with Gasteiger partial charge >= 0.3 is 6.09 Å². The molecule has 4 heteroatoms. The van der Waals surface area contributed by atoms with Gasteiger partial charge in [-0.2, -0.15) is 0 Å². The largest absolute Gasteiger partial charge is 0.444 e. The third-order valence-corrected chi connectivity index (χ3v) is 5.00. The zero-order valence-corrected chi connectivity index (χ0v) is 13.3. The number of likely N-dealkylation sites (tertiary alicyclic amines) is 1. The molecule has 18 heavy (non-hydrogen) atoms. The maximum absolute atomic E-state index is 11.9. The van der Waals surface area contributed by atoms with Crippen LogP contribution < -0.4 is 0 Å². The van der Waals surface area contributed by atoms with Crippen LogP contribution in [0.15, 0.2) is 0 Å². The number of halogens is 1. The van der Waals surface area contributed by atoms with E-state index in [2.05, 4.69) is 15.9 Å². The van der Waals surface area contributed by atoms with Crippen molar-refractivity contribution in [2.45, 2.75) is 52.1 Å². The van der Waals surface area contributed by atoms with Gasteiger partial charge in [-0.05, 0) is 52.4 Å². The van der Waals surface area contributed by atoms with Crippen molar-refractivity contribution in [3.63, 3.8) is 0 Å². The number of ether oxygens (including phenoxy) is 1. The maximum atomic E-state index is 11.9. The van der Waals surface area contributed by atoms with Crippen molar-refractivity contribution >= 4 is 22.0 Å². The monoisotopic (exact) mass is 317 g/mol. The molecule has 2 fully saturated rings. The lowest BCUT2D eigenvalue weighted by molar-refractivity contribution is -0.0530. The number of amides is 1. The number of carbonyl (C=O) groups excluding carboxylic acids is 1. The number of nitrogens with zero attached hydrogens (tertiary/aromatic N) is 1. The topological polar surface area (TPSA) is 29.5 Å². The summed E-state index contributed by atoms with van der Waals surface area (Å²) in [7, 11) is 0. The van der Waals surface area contributed by atoms with Crippen LogP contribution in [0.25, 0.3) is 0 Å². The van der Waals surface area contributed by atoms with Crippen LogP contribution >= 0.6 is 15.9 Å². The minimum atomic E-state index is -0.381. The molecule has 0 N–H and O–H groups in total. The zero-order chi connectivity index (χ0) is 13.4. The van der Waals surface area contributed by atoms with Crippen molar-refractivity contribution < 1.29 is 9.53 Å². The van der Waals surface area contributed by atoms with E-state index >= 15 is 0 Å². The highest BCUT2D eigenvalue weighted by Gasteiger charge is 2.47. The Bertz CT molecular complexity index is 308. The predicted molar refractivity (Wildman–Crippen MR) is 76.0 cm³/mol. The summed E-state index contributed by atoms with van der Waals surface area (Å²) >= 11 is 3.57. The molecule has 1 saturated heterocycles. The normalized spacial score (nSPS) is 23.9. The molecule has 0 atom stereocenters. The Balaban J connectivity index is 1.78. The molecule has 1 spiro atoms. The highest BCUT2D eigenvalue weighted by Crippen LogP contribution is 2.46. The van der Waals surface area contributed by atoms with Crippen molar-refractivity contribution in [2.24, 2.45) is 11.3 Å². The Morgan fingerprint density at radius 3 is 2.33 bits per heavy atom. The average Bonchev–Trinajstić information content (AvgIpc) is 2.23. The van der Waals surface area contributed by atoms with Gasteiger partial charge in [0.1, 0.15) is 5.60 Å². The van der Waals surface area contributed by atoms with E-state index in [4.69, 9.17) is 4.74 Å². The standard InChI is InChI=1S/C14H24BrNO2/c1-13(2,3)18-12(17)16-9-14(10-16)6-4-11(8-15)5-7-14/h11H,4-10H2,1-3H3. The summed E-state index contributed by atoms with van der Waals surface area (Å²) < 4.78 is 5.40. The Kier molecular flexibility index (Phi) is 3.96. The average molecular weight is 318 g/mol. The molecular formula is C14H24BrNO2. The van der Waals surface area contributed by atoms with Crippen LogP contribution in [0.1, 0.15) is 46.5 Å². The van der Waals surface area contributed by atoms with E-state index in [1.165, 1.54) is 25.7 Å². The molecule has 1 amide bonds. The summed E-state index contributed by atoms with van der Waals surface area (Å²) in [5.74, 6) is 0.839. The van der Waals surface area contributed by atoms with E-state index in [0.717, 1.165) is 24.3 Å². The lowest BCUT2D eigenvalue weighted by Crippen LogP contribution is -2.60. The minimum absolute atomic E-state index is 0.143. The second-order valence-corrected chi connectivity index (χ2v) is 7.58. The van der Waals surface area contributed by atoms with Crippen molar-refractivity contribution in [1.29, 1.82) is 0 Å². The number of hydrogen-bond donors (Lipinski definition) is 0. The minimum Gasteiger partial charge on any atom is -0.444 e. The molecule has 2 aliphatic rings. The quantitative estimate of drug-likeness (QED) is 0.688. The van der Waals surface area contributed by atoms with E-state index < -0.39 is 0 Å². The van der Waals surface area contributed by atoms with Crippen LogP contribution in [-0.4, -0.2) is 35.0 Å². The molecule has 1 heterocycles. The van der Waals surface area contributed by atoms with Gasteiger partial charge in [0.25, 0.3) is 0 Å².